The van der Waals surface area contributed by atoms with Crippen LogP contribution in [-0.2, 0) is 11.3 Å². The molecule has 4 rings (SSSR count). The molecule has 0 fully saturated rings. The SMILES string of the molecule is CCC1=NC2Sc3ccccc3C(=O)C2C(=O)N1Cc1ccco1. The number of carbonyl (C=O) groups excluding carboxylic acids is 2. The molecule has 0 aliphatic carbocycles. The number of thioether (sulfide) groups is 1. The number of rotatable bonds is 3. The van der Waals surface area contributed by atoms with Crippen LogP contribution in [0.5, 0.6) is 0 Å². The normalized spacial score (nSPS) is 22.9. The van der Waals surface area contributed by atoms with Gasteiger partial charge >= 0.3 is 0 Å². The number of hydrogen-bond donors (Lipinski definition) is 0. The van der Waals surface area contributed by atoms with E-state index in [1.54, 1.807) is 23.3 Å². The molecule has 2 aromatic rings. The standard InChI is InChI=1S/C18H16N2O3S/c1-2-14-19-17-15(16(21)12-7-3-4-8-13(12)24-17)18(22)20(14)10-11-6-5-9-23-11/h3-9,15,17H,2,10H2,1H3. The topological polar surface area (TPSA) is 62.9 Å². The van der Waals surface area contributed by atoms with Gasteiger partial charge in [-0.15, -0.1) is 0 Å². The van der Waals surface area contributed by atoms with Gasteiger partial charge < -0.3 is 4.42 Å². The maximum absolute atomic E-state index is 13.0. The molecule has 5 nitrogen and oxygen atoms in total. The van der Waals surface area contributed by atoms with Crippen LogP contribution in [0.2, 0.25) is 0 Å². The lowest BCUT2D eigenvalue weighted by molar-refractivity contribution is -0.131. The lowest BCUT2D eigenvalue weighted by Crippen LogP contribution is -2.51. The van der Waals surface area contributed by atoms with Gasteiger partial charge in [-0.1, -0.05) is 36.9 Å². The molecule has 2 aliphatic rings. The van der Waals surface area contributed by atoms with Crippen molar-refractivity contribution in [2.75, 3.05) is 0 Å². The van der Waals surface area contributed by atoms with E-state index in [2.05, 4.69) is 0 Å². The van der Waals surface area contributed by atoms with Gasteiger partial charge in [0, 0.05) is 16.9 Å². The van der Waals surface area contributed by atoms with Crippen molar-refractivity contribution in [2.24, 2.45) is 10.9 Å². The summed E-state index contributed by atoms with van der Waals surface area (Å²) in [4.78, 5) is 33.1. The summed E-state index contributed by atoms with van der Waals surface area (Å²) in [7, 11) is 0. The van der Waals surface area contributed by atoms with Crippen LogP contribution >= 0.6 is 11.8 Å². The molecule has 1 aromatic heterocycles. The van der Waals surface area contributed by atoms with Gasteiger partial charge in [-0.2, -0.15) is 0 Å². The maximum Gasteiger partial charge on any atom is 0.242 e. The molecule has 122 valence electrons. The zero-order valence-corrected chi connectivity index (χ0v) is 14.0. The Hall–Kier alpha value is -2.34. The number of benzene rings is 1. The second-order valence-electron chi connectivity index (χ2n) is 5.75. The lowest BCUT2D eigenvalue weighted by atomic mass is 9.93. The first-order valence-corrected chi connectivity index (χ1v) is 8.77. The van der Waals surface area contributed by atoms with Gasteiger partial charge in [0.15, 0.2) is 5.78 Å². The van der Waals surface area contributed by atoms with E-state index < -0.39 is 5.92 Å². The number of fused-ring (bicyclic) bond motifs is 2. The molecule has 2 atom stereocenters. The van der Waals surface area contributed by atoms with Crippen molar-refractivity contribution in [3.05, 3.63) is 54.0 Å². The Labute approximate surface area is 143 Å². The smallest absolute Gasteiger partial charge is 0.242 e. The van der Waals surface area contributed by atoms with Crippen LogP contribution < -0.4 is 0 Å². The number of aliphatic imine (C=N–C) groups is 1. The van der Waals surface area contributed by atoms with E-state index in [0.717, 1.165) is 4.90 Å². The first-order chi connectivity index (χ1) is 11.7. The molecule has 1 amide bonds. The van der Waals surface area contributed by atoms with Gasteiger partial charge in [0.05, 0.1) is 12.8 Å². The Kier molecular flexibility index (Phi) is 3.76. The second kappa shape index (κ2) is 5.94. The van der Waals surface area contributed by atoms with Crippen molar-refractivity contribution in [1.29, 1.82) is 0 Å². The van der Waals surface area contributed by atoms with Crippen molar-refractivity contribution < 1.29 is 14.0 Å². The minimum absolute atomic E-state index is 0.136. The summed E-state index contributed by atoms with van der Waals surface area (Å²) < 4.78 is 5.36. The third kappa shape index (κ3) is 2.38. The molecule has 0 radical (unpaired) electrons. The van der Waals surface area contributed by atoms with Gasteiger partial charge in [0.1, 0.15) is 22.9 Å². The van der Waals surface area contributed by atoms with Crippen molar-refractivity contribution >= 4 is 29.3 Å². The van der Waals surface area contributed by atoms with Crippen LogP contribution in [0.4, 0.5) is 0 Å². The summed E-state index contributed by atoms with van der Waals surface area (Å²) in [6.07, 6.45) is 2.21. The van der Waals surface area contributed by atoms with Gasteiger partial charge in [0.2, 0.25) is 5.91 Å². The Bertz CT molecular complexity index is 829. The summed E-state index contributed by atoms with van der Waals surface area (Å²) in [6, 6.07) is 11.0. The van der Waals surface area contributed by atoms with Crippen LogP contribution in [0, 0.1) is 5.92 Å². The van der Waals surface area contributed by atoms with Gasteiger partial charge in [-0.05, 0) is 18.2 Å². The summed E-state index contributed by atoms with van der Waals surface area (Å²) in [5.41, 5.74) is 0.616. The van der Waals surface area contributed by atoms with Crippen LogP contribution in [0.1, 0.15) is 29.5 Å². The van der Waals surface area contributed by atoms with Gasteiger partial charge in [-0.3, -0.25) is 19.5 Å². The van der Waals surface area contributed by atoms with E-state index in [1.807, 2.05) is 31.2 Å². The molecule has 0 saturated heterocycles. The minimum atomic E-state index is -0.754. The fourth-order valence-electron chi connectivity index (χ4n) is 3.12. The third-order valence-corrected chi connectivity index (χ3v) is 5.53. The average Bonchev–Trinajstić information content (AvgIpc) is 3.10. The Balaban J connectivity index is 1.73. The number of carbonyl (C=O) groups is 2. The highest BCUT2D eigenvalue weighted by Crippen LogP contribution is 2.42. The number of amidine groups is 1. The lowest BCUT2D eigenvalue weighted by Gasteiger charge is -2.37. The highest BCUT2D eigenvalue weighted by Gasteiger charge is 2.46. The Morgan fingerprint density at radius 3 is 2.79 bits per heavy atom. The van der Waals surface area contributed by atoms with E-state index in [1.165, 1.54) is 11.8 Å². The van der Waals surface area contributed by atoms with Gasteiger partial charge in [0.25, 0.3) is 0 Å². The van der Waals surface area contributed by atoms with E-state index in [9.17, 15) is 9.59 Å². The summed E-state index contributed by atoms with van der Waals surface area (Å²) in [5, 5.41) is -0.372. The van der Waals surface area contributed by atoms with E-state index in [4.69, 9.17) is 9.41 Å². The molecule has 6 heteroatoms. The first-order valence-electron chi connectivity index (χ1n) is 7.89. The zero-order chi connectivity index (χ0) is 16.7. The van der Waals surface area contributed by atoms with Crippen molar-refractivity contribution in [3.8, 4) is 0 Å². The van der Waals surface area contributed by atoms with Crippen LogP contribution in [0.3, 0.4) is 0 Å². The summed E-state index contributed by atoms with van der Waals surface area (Å²) in [5.74, 6) is 0.310. The molecule has 2 unspecified atom stereocenters. The monoisotopic (exact) mass is 340 g/mol. The predicted octanol–water partition coefficient (Wildman–Crippen LogP) is 3.36. The zero-order valence-electron chi connectivity index (χ0n) is 13.1. The molecule has 0 N–H and O–H groups in total. The van der Waals surface area contributed by atoms with E-state index in [-0.39, 0.29) is 17.1 Å². The Morgan fingerprint density at radius 2 is 2.04 bits per heavy atom. The fraction of sp³-hybridized carbons (Fsp3) is 0.278. The fourth-order valence-corrected chi connectivity index (χ4v) is 4.39. The largest absolute Gasteiger partial charge is 0.467 e. The predicted molar refractivity (Wildman–Crippen MR) is 90.9 cm³/mol. The highest BCUT2D eigenvalue weighted by molar-refractivity contribution is 8.00. The average molecular weight is 340 g/mol. The van der Waals surface area contributed by atoms with Crippen LogP contribution in [0.25, 0.3) is 0 Å². The molecular weight excluding hydrogens is 324 g/mol. The summed E-state index contributed by atoms with van der Waals surface area (Å²) >= 11 is 1.50. The number of hydrogen-bond acceptors (Lipinski definition) is 5. The minimum Gasteiger partial charge on any atom is -0.467 e. The molecule has 2 aliphatic heterocycles. The van der Waals surface area contributed by atoms with Crippen molar-refractivity contribution in [2.45, 2.75) is 30.2 Å². The third-order valence-electron chi connectivity index (χ3n) is 4.30. The molecule has 0 spiro atoms. The molecule has 0 saturated carbocycles. The first kappa shape index (κ1) is 15.2. The molecule has 0 bridgehead atoms. The molecular formula is C18H16N2O3S. The van der Waals surface area contributed by atoms with Crippen molar-refractivity contribution in [1.82, 2.24) is 4.90 Å². The second-order valence-corrected chi connectivity index (χ2v) is 6.91. The number of amides is 1. The number of furan rings is 1. The Morgan fingerprint density at radius 1 is 1.21 bits per heavy atom. The number of nitrogens with zero attached hydrogens (tertiary/aromatic N) is 2. The molecule has 1 aromatic carbocycles. The van der Waals surface area contributed by atoms with Gasteiger partial charge in [-0.25, -0.2) is 0 Å². The van der Waals surface area contributed by atoms with E-state index >= 15 is 0 Å². The number of Topliss-reactive ketones (excluding diaryl/α,β-unsaturated/α-hetero) is 1. The highest BCUT2D eigenvalue weighted by atomic mass is 32.2. The van der Waals surface area contributed by atoms with Crippen LogP contribution in [0.15, 0.2) is 57.0 Å². The molecule has 3 heterocycles. The van der Waals surface area contributed by atoms with Crippen LogP contribution in [-0.4, -0.2) is 27.8 Å². The molecule has 24 heavy (non-hydrogen) atoms. The summed E-state index contributed by atoms with van der Waals surface area (Å²) in [6.45, 7) is 2.27. The van der Waals surface area contributed by atoms with Crippen molar-refractivity contribution in [3.63, 3.8) is 0 Å². The quantitative estimate of drug-likeness (QED) is 0.804. The maximum atomic E-state index is 13.0. The van der Waals surface area contributed by atoms with E-state index in [0.29, 0.717) is 30.1 Å². The number of ketones is 1.